The van der Waals surface area contributed by atoms with Gasteiger partial charge in [0, 0.05) is 29.6 Å². The van der Waals surface area contributed by atoms with E-state index in [0.29, 0.717) is 17.9 Å². The molecule has 3 aromatic rings. The molecule has 2 N–H and O–H groups in total. The lowest BCUT2D eigenvalue weighted by Gasteiger charge is -2.22. The van der Waals surface area contributed by atoms with Gasteiger partial charge in [0.1, 0.15) is 18.5 Å². The van der Waals surface area contributed by atoms with E-state index >= 15 is 0 Å². The van der Waals surface area contributed by atoms with Crippen LogP contribution in [0.25, 0.3) is 5.69 Å². The van der Waals surface area contributed by atoms with E-state index in [1.165, 1.54) is 0 Å². The second kappa shape index (κ2) is 8.53. The third kappa shape index (κ3) is 4.53. The van der Waals surface area contributed by atoms with E-state index in [2.05, 4.69) is 15.6 Å². The molecule has 8 nitrogen and oxygen atoms in total. The van der Waals surface area contributed by atoms with E-state index in [-0.39, 0.29) is 29.4 Å². The normalized spacial score (nSPS) is 19.6. The molecule has 0 bridgehead atoms. The van der Waals surface area contributed by atoms with Gasteiger partial charge in [-0.15, -0.1) is 0 Å². The minimum Gasteiger partial charge on any atom is -0.490 e. The Morgan fingerprint density at radius 2 is 2.03 bits per heavy atom. The highest BCUT2D eigenvalue weighted by Gasteiger charge is 2.47. The van der Waals surface area contributed by atoms with Crippen molar-refractivity contribution in [2.24, 2.45) is 0 Å². The lowest BCUT2D eigenvalue weighted by molar-refractivity contribution is 0.0951. The first kappa shape index (κ1) is 21.9. The molecule has 2 heterocycles. The molecule has 3 aliphatic rings. The van der Waals surface area contributed by atoms with E-state index in [1.807, 2.05) is 37.3 Å². The van der Waals surface area contributed by atoms with Gasteiger partial charge in [-0.1, -0.05) is 24.3 Å². The molecule has 1 unspecified atom stereocenters. The number of benzene rings is 2. The van der Waals surface area contributed by atoms with Crippen molar-refractivity contribution in [3.8, 4) is 11.4 Å². The topological polar surface area (TPSA) is 97.8 Å². The molecule has 1 saturated heterocycles. The molecule has 35 heavy (non-hydrogen) atoms. The van der Waals surface area contributed by atoms with Crippen LogP contribution in [0.3, 0.4) is 0 Å². The smallest absolute Gasteiger partial charge is 0.297 e. The van der Waals surface area contributed by atoms with Crippen molar-refractivity contribution in [1.29, 1.82) is 0 Å². The van der Waals surface area contributed by atoms with Crippen LogP contribution >= 0.6 is 0 Å². The number of nitrogens with zero attached hydrogens (tertiary/aromatic N) is 2. The Kier molecular flexibility index (Phi) is 5.33. The first-order chi connectivity index (χ1) is 17.0. The Morgan fingerprint density at radius 1 is 1.23 bits per heavy atom. The summed E-state index contributed by atoms with van der Waals surface area (Å²) in [6, 6.07) is 13.6. The second-order valence-electron chi connectivity index (χ2n) is 9.67. The number of nitrogens with one attached hydrogen (secondary N) is 2. The lowest BCUT2D eigenvalue weighted by Crippen LogP contribution is -2.29. The van der Waals surface area contributed by atoms with E-state index < -0.39 is 5.54 Å². The summed E-state index contributed by atoms with van der Waals surface area (Å²) in [7, 11) is 0. The third-order valence-electron chi connectivity index (χ3n) is 6.82. The predicted octanol–water partition coefficient (Wildman–Crippen LogP) is 3.31. The molecule has 6 rings (SSSR count). The zero-order chi connectivity index (χ0) is 24.0. The molecular formula is C27H28N4O4. The van der Waals surface area contributed by atoms with Gasteiger partial charge in [0.15, 0.2) is 5.82 Å². The predicted molar refractivity (Wildman–Crippen MR) is 131 cm³/mol. The molecule has 180 valence electrons. The van der Waals surface area contributed by atoms with Gasteiger partial charge in [0.2, 0.25) is 0 Å². The van der Waals surface area contributed by atoms with Crippen LogP contribution in [-0.4, -0.2) is 40.8 Å². The number of hydrogen-bond donors (Lipinski definition) is 2. The summed E-state index contributed by atoms with van der Waals surface area (Å²) < 4.78 is 12.9. The number of amides is 1. The Hall–Kier alpha value is -3.65. The average molecular weight is 473 g/mol. The lowest BCUT2D eigenvalue weighted by atomic mass is 10.0. The molecule has 0 spiro atoms. The zero-order valence-electron chi connectivity index (χ0n) is 19.6. The molecule has 1 amide bonds. The van der Waals surface area contributed by atoms with Gasteiger partial charge >= 0.3 is 0 Å². The third-order valence-corrected chi connectivity index (χ3v) is 6.82. The molecule has 1 aromatic heterocycles. The Morgan fingerprint density at radius 3 is 2.77 bits per heavy atom. The second-order valence-corrected chi connectivity index (χ2v) is 9.67. The molecule has 2 aliphatic carbocycles. The molecule has 2 aromatic carbocycles. The molecule has 8 heteroatoms. The maximum atomic E-state index is 13.5. The number of rotatable bonds is 9. The largest absolute Gasteiger partial charge is 0.490 e. The Labute approximate surface area is 203 Å². The van der Waals surface area contributed by atoms with Crippen LogP contribution in [0.1, 0.15) is 47.2 Å². The van der Waals surface area contributed by atoms with Crippen LogP contribution in [0.15, 0.2) is 59.7 Å². The minimum atomic E-state index is -0.395. The standard InChI is InChI=1S/C27H28N4O4/c1-17-6-7-18(25(32)29-19-8-9-19)14-22(17)31-13-12-28-24(26(31)33)30-27(10-11-27)21-4-2-3-5-23(21)35-16-20-15-34-20/h2-7,12-14,19-20H,8-11,15-16H2,1H3,(H,28,30)(H,29,32). The van der Waals surface area contributed by atoms with Crippen LogP contribution in [0.5, 0.6) is 5.75 Å². The maximum absolute atomic E-state index is 13.5. The molecule has 2 saturated carbocycles. The van der Waals surface area contributed by atoms with Crippen LogP contribution in [0, 0.1) is 6.92 Å². The summed E-state index contributed by atoms with van der Waals surface area (Å²) in [6.07, 6.45) is 7.22. The van der Waals surface area contributed by atoms with Crippen molar-refractivity contribution >= 4 is 11.7 Å². The van der Waals surface area contributed by atoms with Crippen LogP contribution in [0.2, 0.25) is 0 Å². The van der Waals surface area contributed by atoms with Gasteiger partial charge in [0.05, 0.1) is 17.8 Å². The van der Waals surface area contributed by atoms with E-state index in [0.717, 1.165) is 49.2 Å². The number of para-hydroxylation sites is 1. The highest BCUT2D eigenvalue weighted by Crippen LogP contribution is 2.50. The summed E-state index contributed by atoms with van der Waals surface area (Å²) in [4.78, 5) is 30.5. The fraction of sp³-hybridized carbons (Fsp3) is 0.370. The van der Waals surface area contributed by atoms with Crippen molar-refractivity contribution in [1.82, 2.24) is 14.9 Å². The van der Waals surface area contributed by atoms with E-state index in [9.17, 15) is 9.59 Å². The number of hydrogen-bond acceptors (Lipinski definition) is 6. The van der Waals surface area contributed by atoms with Crippen molar-refractivity contribution in [3.05, 3.63) is 81.9 Å². The first-order valence-electron chi connectivity index (χ1n) is 12.1. The summed E-state index contributed by atoms with van der Waals surface area (Å²) in [5, 5.41) is 6.43. The van der Waals surface area contributed by atoms with Crippen molar-refractivity contribution in [2.45, 2.75) is 50.3 Å². The Balaban J connectivity index is 1.29. The fourth-order valence-electron chi connectivity index (χ4n) is 4.34. The maximum Gasteiger partial charge on any atom is 0.297 e. The minimum absolute atomic E-state index is 0.112. The number of aromatic nitrogens is 2. The number of anilines is 1. The summed E-state index contributed by atoms with van der Waals surface area (Å²) >= 11 is 0. The van der Waals surface area contributed by atoms with Crippen molar-refractivity contribution < 1.29 is 14.3 Å². The van der Waals surface area contributed by atoms with Gasteiger partial charge in [-0.2, -0.15) is 0 Å². The highest BCUT2D eigenvalue weighted by atomic mass is 16.6. The van der Waals surface area contributed by atoms with E-state index in [4.69, 9.17) is 9.47 Å². The quantitative estimate of drug-likeness (QED) is 0.464. The number of aryl methyl sites for hydroxylation is 1. The average Bonchev–Trinajstić information content (AvgIpc) is 3.72. The summed E-state index contributed by atoms with van der Waals surface area (Å²) in [5.74, 6) is 0.964. The Bertz CT molecular complexity index is 1340. The number of carbonyl (C=O) groups is 1. The van der Waals surface area contributed by atoms with Gasteiger partial charge in [-0.25, -0.2) is 4.98 Å². The number of epoxide rings is 1. The van der Waals surface area contributed by atoms with Crippen LogP contribution in [-0.2, 0) is 10.3 Å². The molecule has 0 radical (unpaired) electrons. The monoisotopic (exact) mass is 472 g/mol. The van der Waals surface area contributed by atoms with Gasteiger partial charge < -0.3 is 20.1 Å². The van der Waals surface area contributed by atoms with Crippen LogP contribution in [0.4, 0.5) is 5.82 Å². The molecular weight excluding hydrogens is 444 g/mol. The molecule has 1 aliphatic heterocycles. The highest BCUT2D eigenvalue weighted by molar-refractivity contribution is 5.95. The van der Waals surface area contributed by atoms with Crippen molar-refractivity contribution in [2.75, 3.05) is 18.5 Å². The zero-order valence-corrected chi connectivity index (χ0v) is 19.6. The fourth-order valence-corrected chi connectivity index (χ4v) is 4.34. The van der Waals surface area contributed by atoms with Crippen molar-refractivity contribution in [3.63, 3.8) is 0 Å². The van der Waals surface area contributed by atoms with Gasteiger partial charge in [-0.05, 0) is 56.4 Å². The summed E-state index contributed by atoms with van der Waals surface area (Å²) in [5.41, 5.74) is 2.47. The molecule has 3 fully saturated rings. The number of carbonyl (C=O) groups excluding carboxylic acids is 1. The van der Waals surface area contributed by atoms with Gasteiger partial charge in [0.25, 0.3) is 11.5 Å². The SMILES string of the molecule is Cc1ccc(C(=O)NC2CC2)cc1-n1ccnc(NC2(c3ccccc3OCC3CO3)CC2)c1=O. The van der Waals surface area contributed by atoms with E-state index in [1.54, 1.807) is 29.1 Å². The molecule has 1 atom stereocenters. The van der Waals surface area contributed by atoms with Gasteiger partial charge in [-0.3, -0.25) is 14.2 Å². The first-order valence-corrected chi connectivity index (χ1v) is 12.1. The summed E-state index contributed by atoms with van der Waals surface area (Å²) in [6.45, 7) is 3.19. The number of ether oxygens (including phenoxy) is 2. The van der Waals surface area contributed by atoms with Crippen LogP contribution < -0.4 is 20.9 Å².